The number of carbonyl (C=O) groups excluding carboxylic acids is 3. The zero-order valence-corrected chi connectivity index (χ0v) is 18.6. The molecular weight excluding hydrogens is 412 g/mol. The molecule has 0 spiro atoms. The van der Waals surface area contributed by atoms with Gasteiger partial charge in [-0.3, -0.25) is 14.7 Å². The molecule has 170 valence electrons. The number of aromatic amines is 1. The molecule has 1 saturated heterocycles. The minimum atomic E-state index is -0.568. The van der Waals surface area contributed by atoms with E-state index in [0.717, 1.165) is 12.8 Å². The third kappa shape index (κ3) is 4.61. The lowest BCUT2D eigenvalue weighted by Crippen LogP contribution is -2.42. The molecule has 4 rings (SSSR count). The fourth-order valence-corrected chi connectivity index (χ4v) is 4.07. The fraction of sp³-hybridized carbons (Fsp3) is 0.478. The van der Waals surface area contributed by atoms with Crippen molar-refractivity contribution >= 4 is 23.5 Å². The van der Waals surface area contributed by atoms with Crippen LogP contribution in [0.15, 0.2) is 24.4 Å². The summed E-state index contributed by atoms with van der Waals surface area (Å²) in [5, 5.41) is 9.88. The zero-order valence-electron chi connectivity index (χ0n) is 18.6. The summed E-state index contributed by atoms with van der Waals surface area (Å²) in [7, 11) is 0. The first-order chi connectivity index (χ1) is 15.2. The van der Waals surface area contributed by atoms with Gasteiger partial charge in [-0.05, 0) is 45.7 Å². The Kier molecular flexibility index (Phi) is 5.90. The second kappa shape index (κ2) is 8.64. The lowest BCUT2D eigenvalue weighted by Gasteiger charge is -2.34. The van der Waals surface area contributed by atoms with Crippen LogP contribution < -0.4 is 10.1 Å². The molecule has 1 aromatic carbocycles. The zero-order chi connectivity index (χ0) is 22.9. The van der Waals surface area contributed by atoms with Crippen molar-refractivity contribution in [1.29, 1.82) is 0 Å². The lowest BCUT2D eigenvalue weighted by atomic mass is 9.92. The number of para-hydroxylation sites is 1. The summed E-state index contributed by atoms with van der Waals surface area (Å²) in [5.74, 6) is -0.0214. The number of amides is 2. The maximum atomic E-state index is 13.1. The molecule has 32 heavy (non-hydrogen) atoms. The number of piperidine rings is 1. The van der Waals surface area contributed by atoms with Crippen molar-refractivity contribution < 1.29 is 23.9 Å². The van der Waals surface area contributed by atoms with Crippen molar-refractivity contribution in [3.8, 4) is 5.75 Å². The average molecular weight is 441 g/mol. The van der Waals surface area contributed by atoms with Crippen LogP contribution in [0.4, 0.5) is 10.5 Å². The predicted molar refractivity (Wildman–Crippen MR) is 117 cm³/mol. The molecule has 2 amide bonds. The number of likely N-dealkylation sites (tertiary alicyclic amines) is 1. The first kappa shape index (κ1) is 21.9. The molecule has 2 aliphatic rings. The van der Waals surface area contributed by atoms with E-state index in [4.69, 9.17) is 9.47 Å². The number of rotatable bonds is 3. The smallest absolute Gasteiger partial charge is 0.410 e. The van der Waals surface area contributed by atoms with Gasteiger partial charge in [0.15, 0.2) is 11.5 Å². The third-order valence-electron chi connectivity index (χ3n) is 5.53. The van der Waals surface area contributed by atoms with Gasteiger partial charge in [0.1, 0.15) is 5.60 Å². The number of nitrogens with one attached hydrogen (secondary N) is 2. The van der Waals surface area contributed by atoms with E-state index in [1.54, 1.807) is 23.1 Å². The number of ketones is 1. The molecule has 3 heterocycles. The van der Waals surface area contributed by atoms with Crippen LogP contribution in [0.2, 0.25) is 0 Å². The topological polar surface area (TPSA) is 114 Å². The van der Waals surface area contributed by atoms with Crippen molar-refractivity contribution in [2.45, 2.75) is 51.6 Å². The average Bonchev–Trinajstić information content (AvgIpc) is 3.24. The van der Waals surface area contributed by atoms with Crippen molar-refractivity contribution in [3.05, 3.63) is 41.2 Å². The van der Waals surface area contributed by atoms with Crippen LogP contribution in [0.5, 0.6) is 5.75 Å². The largest absolute Gasteiger partial charge is 0.490 e. The van der Waals surface area contributed by atoms with Gasteiger partial charge < -0.3 is 19.7 Å². The molecule has 1 atom stereocenters. The molecule has 0 aliphatic carbocycles. The predicted octanol–water partition coefficient (Wildman–Crippen LogP) is 3.74. The minimum Gasteiger partial charge on any atom is -0.490 e. The van der Waals surface area contributed by atoms with Crippen molar-refractivity contribution in [2.75, 3.05) is 25.0 Å². The Morgan fingerprint density at radius 3 is 2.91 bits per heavy atom. The molecule has 9 heteroatoms. The van der Waals surface area contributed by atoms with Crippen molar-refractivity contribution in [3.63, 3.8) is 0 Å². The Hall–Kier alpha value is -3.36. The second-order valence-electron chi connectivity index (χ2n) is 9.12. The van der Waals surface area contributed by atoms with E-state index in [1.807, 2.05) is 20.8 Å². The SMILES string of the molecule is CC(C)(C)OC(=O)N1CCCC(c2[nH]ncc2C(=O)Nc2cccc3c2OCCC3=O)C1. The number of hydrogen-bond donors (Lipinski definition) is 2. The van der Waals surface area contributed by atoms with Gasteiger partial charge in [-0.25, -0.2) is 4.79 Å². The molecule has 2 aromatic rings. The van der Waals surface area contributed by atoms with E-state index >= 15 is 0 Å². The van der Waals surface area contributed by atoms with Gasteiger partial charge in [0, 0.05) is 25.4 Å². The van der Waals surface area contributed by atoms with Gasteiger partial charge in [0.2, 0.25) is 0 Å². The molecule has 1 aromatic heterocycles. The number of anilines is 1. The standard InChI is InChI=1S/C23H28N4O5/c1-23(2,3)32-22(30)27-10-5-6-14(13-27)19-16(12-24-26-19)21(29)25-17-8-4-7-15-18(28)9-11-31-20(15)17/h4,7-8,12,14H,5-6,9-11,13H2,1-3H3,(H,24,26)(H,25,29). The lowest BCUT2D eigenvalue weighted by molar-refractivity contribution is 0.0197. The highest BCUT2D eigenvalue weighted by Gasteiger charge is 2.31. The van der Waals surface area contributed by atoms with E-state index < -0.39 is 5.60 Å². The van der Waals surface area contributed by atoms with Crippen LogP contribution >= 0.6 is 0 Å². The number of benzene rings is 1. The van der Waals surface area contributed by atoms with Crippen molar-refractivity contribution in [1.82, 2.24) is 15.1 Å². The minimum absolute atomic E-state index is 0.00390. The molecule has 2 N–H and O–H groups in total. The molecule has 0 bridgehead atoms. The summed E-state index contributed by atoms with van der Waals surface area (Å²) in [5.41, 5.74) is 1.44. The number of carbonyl (C=O) groups is 3. The third-order valence-corrected chi connectivity index (χ3v) is 5.53. The molecule has 0 saturated carbocycles. The van der Waals surface area contributed by atoms with Crippen LogP contribution in [0.25, 0.3) is 0 Å². The Labute approximate surface area is 186 Å². The number of Topliss-reactive ketones (excluding diaryl/α,β-unsaturated/α-hetero) is 1. The molecule has 2 aliphatic heterocycles. The Bertz CT molecular complexity index is 1040. The highest BCUT2D eigenvalue weighted by Crippen LogP contribution is 2.34. The Balaban J connectivity index is 1.50. The maximum absolute atomic E-state index is 13.1. The highest BCUT2D eigenvalue weighted by atomic mass is 16.6. The Morgan fingerprint density at radius 1 is 1.31 bits per heavy atom. The Morgan fingerprint density at radius 2 is 2.12 bits per heavy atom. The van der Waals surface area contributed by atoms with Gasteiger partial charge in [-0.2, -0.15) is 5.10 Å². The summed E-state index contributed by atoms with van der Waals surface area (Å²) in [4.78, 5) is 39.4. The number of H-pyrrole nitrogens is 1. The summed E-state index contributed by atoms with van der Waals surface area (Å²) in [6.07, 6.45) is 3.07. The van der Waals surface area contributed by atoms with Crippen LogP contribution in [0, 0.1) is 0 Å². The van der Waals surface area contributed by atoms with E-state index in [1.165, 1.54) is 6.20 Å². The van der Waals surface area contributed by atoms with Gasteiger partial charge in [0.05, 0.1) is 35.3 Å². The highest BCUT2D eigenvalue weighted by molar-refractivity contribution is 6.08. The molecule has 1 unspecified atom stereocenters. The van der Waals surface area contributed by atoms with Gasteiger partial charge in [-0.1, -0.05) is 6.07 Å². The summed E-state index contributed by atoms with van der Waals surface area (Å²) >= 11 is 0. The molecule has 0 radical (unpaired) electrons. The van der Waals surface area contributed by atoms with Crippen LogP contribution in [-0.4, -0.2) is 58.2 Å². The van der Waals surface area contributed by atoms with Crippen LogP contribution in [0.1, 0.15) is 72.4 Å². The number of nitrogens with zero attached hydrogens (tertiary/aromatic N) is 2. The van der Waals surface area contributed by atoms with E-state index in [9.17, 15) is 14.4 Å². The molecule has 1 fully saturated rings. The molecule has 9 nitrogen and oxygen atoms in total. The van der Waals surface area contributed by atoms with Crippen LogP contribution in [-0.2, 0) is 4.74 Å². The second-order valence-corrected chi connectivity index (χ2v) is 9.12. The summed E-state index contributed by atoms with van der Waals surface area (Å²) in [6, 6.07) is 5.13. The number of ether oxygens (including phenoxy) is 2. The van der Waals surface area contributed by atoms with Gasteiger partial charge in [0.25, 0.3) is 5.91 Å². The first-order valence-corrected chi connectivity index (χ1v) is 10.8. The maximum Gasteiger partial charge on any atom is 0.410 e. The van der Waals surface area contributed by atoms with E-state index in [-0.39, 0.29) is 30.3 Å². The molecular formula is C23H28N4O5. The van der Waals surface area contributed by atoms with E-state index in [0.29, 0.717) is 47.8 Å². The first-order valence-electron chi connectivity index (χ1n) is 10.8. The monoisotopic (exact) mass is 440 g/mol. The summed E-state index contributed by atoms with van der Waals surface area (Å²) in [6.45, 7) is 6.85. The van der Waals surface area contributed by atoms with Crippen molar-refractivity contribution in [2.24, 2.45) is 0 Å². The normalized spacial score (nSPS) is 18.5. The van der Waals surface area contributed by atoms with Gasteiger partial charge >= 0.3 is 6.09 Å². The van der Waals surface area contributed by atoms with E-state index in [2.05, 4.69) is 15.5 Å². The summed E-state index contributed by atoms with van der Waals surface area (Å²) < 4.78 is 11.2. The van der Waals surface area contributed by atoms with Crippen LogP contribution in [0.3, 0.4) is 0 Å². The number of aromatic nitrogens is 2. The number of fused-ring (bicyclic) bond motifs is 1. The number of hydrogen-bond acceptors (Lipinski definition) is 6. The fourth-order valence-electron chi connectivity index (χ4n) is 4.07. The van der Waals surface area contributed by atoms with Gasteiger partial charge in [-0.15, -0.1) is 0 Å². The quantitative estimate of drug-likeness (QED) is 0.752.